The van der Waals surface area contributed by atoms with Crippen LogP contribution in [0.15, 0.2) is 59.7 Å². The fourth-order valence-electron chi connectivity index (χ4n) is 2.36. The first-order valence-electron chi connectivity index (χ1n) is 7.58. The normalized spacial score (nSPS) is 10.7. The molecule has 2 aromatic carbocycles. The molecule has 0 aliphatic heterocycles. The van der Waals surface area contributed by atoms with Crippen LogP contribution in [0.25, 0.3) is 10.9 Å². The van der Waals surface area contributed by atoms with Crippen LogP contribution in [0.4, 0.5) is 0 Å². The van der Waals surface area contributed by atoms with Gasteiger partial charge in [0.1, 0.15) is 6.61 Å². The van der Waals surface area contributed by atoms with Crippen molar-refractivity contribution in [2.75, 3.05) is 13.2 Å². The van der Waals surface area contributed by atoms with Gasteiger partial charge in [0, 0.05) is 0 Å². The van der Waals surface area contributed by atoms with Crippen molar-refractivity contribution in [3.05, 3.63) is 65.2 Å². The summed E-state index contributed by atoms with van der Waals surface area (Å²) in [4.78, 5) is 16.7. The molecular formula is C18H18N2O3. The number of aromatic nitrogens is 2. The summed E-state index contributed by atoms with van der Waals surface area (Å²) in [5, 5.41) is 0.615. The number of rotatable bonds is 6. The zero-order chi connectivity index (χ0) is 16.1. The first kappa shape index (κ1) is 15.1. The highest BCUT2D eigenvalue weighted by Crippen LogP contribution is 2.26. The Morgan fingerprint density at radius 1 is 1.00 bits per heavy atom. The van der Waals surface area contributed by atoms with Gasteiger partial charge in [-0.05, 0) is 31.2 Å². The third kappa shape index (κ3) is 3.34. The quantitative estimate of drug-likeness (QED) is 0.702. The molecule has 0 saturated carbocycles. The van der Waals surface area contributed by atoms with E-state index >= 15 is 0 Å². The summed E-state index contributed by atoms with van der Waals surface area (Å²) in [6.07, 6.45) is 1.56. The summed E-state index contributed by atoms with van der Waals surface area (Å²) in [5.74, 6) is 1.38. The lowest BCUT2D eigenvalue weighted by Gasteiger charge is -2.12. The van der Waals surface area contributed by atoms with Crippen molar-refractivity contribution in [1.29, 1.82) is 0 Å². The Hall–Kier alpha value is -2.82. The van der Waals surface area contributed by atoms with Crippen LogP contribution < -0.4 is 15.0 Å². The van der Waals surface area contributed by atoms with E-state index in [9.17, 15) is 4.79 Å². The van der Waals surface area contributed by atoms with Crippen molar-refractivity contribution in [1.82, 2.24) is 9.55 Å². The molecule has 0 aliphatic carbocycles. The molecule has 1 aromatic heterocycles. The molecule has 0 bridgehead atoms. The van der Waals surface area contributed by atoms with E-state index in [0.29, 0.717) is 42.2 Å². The van der Waals surface area contributed by atoms with E-state index in [0.717, 1.165) is 0 Å². The van der Waals surface area contributed by atoms with Crippen LogP contribution in [0.2, 0.25) is 0 Å². The molecular weight excluding hydrogens is 292 g/mol. The third-order valence-electron chi connectivity index (χ3n) is 3.47. The summed E-state index contributed by atoms with van der Waals surface area (Å²) in [5.41, 5.74) is 0.647. The topological polar surface area (TPSA) is 53.4 Å². The molecule has 0 atom stereocenters. The van der Waals surface area contributed by atoms with Crippen LogP contribution in [0.3, 0.4) is 0 Å². The lowest BCUT2D eigenvalue weighted by molar-refractivity contribution is 0.265. The van der Waals surface area contributed by atoms with Gasteiger partial charge in [-0.1, -0.05) is 24.3 Å². The van der Waals surface area contributed by atoms with Gasteiger partial charge in [0.05, 0.1) is 30.4 Å². The fourth-order valence-corrected chi connectivity index (χ4v) is 2.36. The number of para-hydroxylation sites is 3. The highest BCUT2D eigenvalue weighted by molar-refractivity contribution is 5.76. The fraction of sp³-hybridized carbons (Fsp3) is 0.222. The van der Waals surface area contributed by atoms with Crippen LogP contribution in [0.1, 0.15) is 6.92 Å². The maximum atomic E-state index is 12.4. The predicted octanol–water partition coefficient (Wildman–Crippen LogP) is 2.87. The summed E-state index contributed by atoms with van der Waals surface area (Å²) in [7, 11) is 0. The van der Waals surface area contributed by atoms with Crippen LogP contribution in [0, 0.1) is 0 Å². The second-order valence-corrected chi connectivity index (χ2v) is 4.99. The average Bonchev–Trinajstić information content (AvgIpc) is 2.59. The first-order chi connectivity index (χ1) is 11.3. The third-order valence-corrected chi connectivity index (χ3v) is 3.47. The Kier molecular flexibility index (Phi) is 4.57. The van der Waals surface area contributed by atoms with Crippen molar-refractivity contribution >= 4 is 10.9 Å². The number of nitrogens with zero attached hydrogens (tertiary/aromatic N) is 2. The molecule has 1 heterocycles. The van der Waals surface area contributed by atoms with Gasteiger partial charge in [-0.15, -0.1) is 0 Å². The van der Waals surface area contributed by atoms with Gasteiger partial charge in [0.25, 0.3) is 5.56 Å². The summed E-state index contributed by atoms with van der Waals surface area (Å²) < 4.78 is 12.8. The monoisotopic (exact) mass is 310 g/mol. The zero-order valence-electron chi connectivity index (χ0n) is 12.9. The minimum atomic E-state index is -0.0581. The van der Waals surface area contributed by atoms with Gasteiger partial charge in [-0.25, -0.2) is 4.98 Å². The number of ether oxygens (including phenoxy) is 2. The Morgan fingerprint density at radius 3 is 2.48 bits per heavy atom. The van der Waals surface area contributed by atoms with E-state index in [2.05, 4.69) is 4.98 Å². The standard InChI is InChI=1S/C18H18N2O3/c1-2-22-16-9-5-6-10-17(16)23-12-11-20-13-19-15-8-4-3-7-14(15)18(20)21/h3-10,13H,2,11-12H2,1H3. The summed E-state index contributed by atoms with van der Waals surface area (Å²) >= 11 is 0. The van der Waals surface area contributed by atoms with Gasteiger partial charge in [-0.2, -0.15) is 0 Å². The molecule has 0 saturated heterocycles. The number of fused-ring (bicyclic) bond motifs is 1. The van der Waals surface area contributed by atoms with Crippen molar-refractivity contribution < 1.29 is 9.47 Å². The molecule has 118 valence electrons. The van der Waals surface area contributed by atoms with Gasteiger partial charge in [0.15, 0.2) is 11.5 Å². The molecule has 5 nitrogen and oxygen atoms in total. The average molecular weight is 310 g/mol. The van der Waals surface area contributed by atoms with E-state index in [4.69, 9.17) is 9.47 Å². The molecule has 0 spiro atoms. The lowest BCUT2D eigenvalue weighted by atomic mass is 10.2. The van der Waals surface area contributed by atoms with Crippen LogP contribution in [0.5, 0.6) is 11.5 Å². The molecule has 0 radical (unpaired) electrons. The van der Waals surface area contributed by atoms with Gasteiger partial charge < -0.3 is 9.47 Å². The zero-order valence-corrected chi connectivity index (χ0v) is 12.9. The largest absolute Gasteiger partial charge is 0.490 e. The predicted molar refractivity (Wildman–Crippen MR) is 89.1 cm³/mol. The van der Waals surface area contributed by atoms with E-state index in [1.165, 1.54) is 0 Å². The van der Waals surface area contributed by atoms with E-state index in [1.54, 1.807) is 17.0 Å². The molecule has 23 heavy (non-hydrogen) atoms. The minimum absolute atomic E-state index is 0.0581. The maximum absolute atomic E-state index is 12.4. The lowest BCUT2D eigenvalue weighted by Crippen LogP contribution is -2.23. The second-order valence-electron chi connectivity index (χ2n) is 4.99. The molecule has 0 amide bonds. The van der Waals surface area contributed by atoms with Crippen LogP contribution in [-0.2, 0) is 6.54 Å². The van der Waals surface area contributed by atoms with E-state index in [-0.39, 0.29) is 5.56 Å². The van der Waals surface area contributed by atoms with Crippen molar-refractivity contribution in [2.24, 2.45) is 0 Å². The van der Waals surface area contributed by atoms with E-state index < -0.39 is 0 Å². The van der Waals surface area contributed by atoms with E-state index in [1.807, 2.05) is 49.4 Å². The highest BCUT2D eigenvalue weighted by Gasteiger charge is 2.05. The molecule has 3 rings (SSSR count). The minimum Gasteiger partial charge on any atom is -0.490 e. The van der Waals surface area contributed by atoms with Crippen LogP contribution >= 0.6 is 0 Å². The maximum Gasteiger partial charge on any atom is 0.261 e. The summed E-state index contributed by atoms with van der Waals surface area (Å²) in [6.45, 7) is 3.30. The van der Waals surface area contributed by atoms with Gasteiger partial charge in [-0.3, -0.25) is 9.36 Å². The van der Waals surface area contributed by atoms with Gasteiger partial charge in [0.2, 0.25) is 0 Å². The SMILES string of the molecule is CCOc1ccccc1OCCn1cnc2ccccc2c1=O. The molecule has 0 aliphatic rings. The Morgan fingerprint density at radius 2 is 1.70 bits per heavy atom. The molecule has 5 heteroatoms. The second kappa shape index (κ2) is 6.96. The Balaban J connectivity index is 1.72. The number of hydrogen-bond acceptors (Lipinski definition) is 4. The smallest absolute Gasteiger partial charge is 0.261 e. The van der Waals surface area contributed by atoms with Crippen LogP contribution in [-0.4, -0.2) is 22.8 Å². The molecule has 0 N–H and O–H groups in total. The number of hydrogen-bond donors (Lipinski definition) is 0. The highest BCUT2D eigenvalue weighted by atomic mass is 16.5. The van der Waals surface area contributed by atoms with Crippen molar-refractivity contribution in [3.8, 4) is 11.5 Å². The first-order valence-corrected chi connectivity index (χ1v) is 7.58. The molecule has 3 aromatic rings. The Labute approximate surface area is 134 Å². The van der Waals surface area contributed by atoms with Gasteiger partial charge >= 0.3 is 0 Å². The molecule has 0 unspecified atom stereocenters. The van der Waals surface area contributed by atoms with Crippen molar-refractivity contribution in [3.63, 3.8) is 0 Å². The number of benzene rings is 2. The summed E-state index contributed by atoms with van der Waals surface area (Å²) in [6, 6.07) is 14.8. The van der Waals surface area contributed by atoms with Crippen molar-refractivity contribution in [2.45, 2.75) is 13.5 Å². The Bertz CT molecular complexity index is 858. The molecule has 0 fully saturated rings.